The average Bonchev–Trinajstić information content (AvgIpc) is 2.57. The first-order valence-corrected chi connectivity index (χ1v) is 5.77. The quantitative estimate of drug-likeness (QED) is 0.778. The second-order valence-electron chi connectivity index (χ2n) is 4.56. The van der Waals surface area contributed by atoms with Crippen molar-refractivity contribution in [2.45, 2.75) is 45.0 Å². The van der Waals surface area contributed by atoms with E-state index in [-0.39, 0.29) is 6.61 Å². The van der Waals surface area contributed by atoms with Crippen LogP contribution in [0.1, 0.15) is 30.7 Å². The van der Waals surface area contributed by atoms with Crippen LogP contribution >= 0.6 is 0 Å². The zero-order valence-corrected chi connectivity index (χ0v) is 8.89. The number of aliphatic hydroxyl groups is 1. The molecule has 4 heteroatoms. The van der Waals surface area contributed by atoms with Crippen molar-refractivity contribution < 1.29 is 5.11 Å². The van der Waals surface area contributed by atoms with Crippen LogP contribution in [0, 0.1) is 0 Å². The lowest BCUT2D eigenvalue weighted by molar-refractivity contribution is 0.0945. The summed E-state index contributed by atoms with van der Waals surface area (Å²) >= 11 is 0. The van der Waals surface area contributed by atoms with Gasteiger partial charge in [0.1, 0.15) is 0 Å². The molecule has 0 spiro atoms. The van der Waals surface area contributed by atoms with Crippen molar-refractivity contribution in [1.29, 1.82) is 0 Å². The molecular weight excluding hydrogens is 190 g/mol. The monoisotopic (exact) mass is 207 g/mol. The van der Waals surface area contributed by atoms with Gasteiger partial charge >= 0.3 is 0 Å². The minimum atomic E-state index is 0.0590. The summed E-state index contributed by atoms with van der Waals surface area (Å²) in [6, 6.07) is 2.84. The van der Waals surface area contributed by atoms with Gasteiger partial charge in [0, 0.05) is 19.1 Å². The maximum absolute atomic E-state index is 9.03. The van der Waals surface area contributed by atoms with Gasteiger partial charge in [-0.2, -0.15) is 5.10 Å². The highest BCUT2D eigenvalue weighted by Gasteiger charge is 2.28. The van der Waals surface area contributed by atoms with E-state index in [1.54, 1.807) is 0 Å². The molecular formula is C11H17N3O. The first-order valence-electron chi connectivity index (χ1n) is 5.77. The minimum absolute atomic E-state index is 0.0590. The highest BCUT2D eigenvalue weighted by atomic mass is 16.3. The molecule has 82 valence electrons. The highest BCUT2D eigenvalue weighted by Crippen LogP contribution is 2.27. The maximum Gasteiger partial charge on any atom is 0.0882 e. The van der Waals surface area contributed by atoms with Crippen molar-refractivity contribution in [3.8, 4) is 0 Å². The Hall–Kier alpha value is -0.870. The molecule has 4 nitrogen and oxygen atoms in total. The van der Waals surface area contributed by atoms with Crippen molar-refractivity contribution in [2.75, 3.05) is 6.54 Å². The fourth-order valence-corrected chi connectivity index (χ4v) is 2.49. The Morgan fingerprint density at radius 1 is 1.40 bits per heavy atom. The van der Waals surface area contributed by atoms with Crippen LogP contribution in [0.3, 0.4) is 0 Å². The zero-order chi connectivity index (χ0) is 10.3. The fraction of sp³-hybridized carbons (Fsp3) is 0.727. The molecule has 1 aliphatic carbocycles. The molecule has 0 saturated heterocycles. The van der Waals surface area contributed by atoms with Crippen LogP contribution in [0.4, 0.5) is 0 Å². The molecule has 1 aliphatic heterocycles. The van der Waals surface area contributed by atoms with E-state index in [0.717, 1.165) is 31.4 Å². The first kappa shape index (κ1) is 9.36. The summed E-state index contributed by atoms with van der Waals surface area (Å²) in [4.78, 5) is 2.56. The van der Waals surface area contributed by atoms with E-state index < -0.39 is 0 Å². The molecule has 1 fully saturated rings. The van der Waals surface area contributed by atoms with Crippen LogP contribution in [-0.4, -0.2) is 32.4 Å². The number of aliphatic hydroxyl groups excluding tert-OH is 1. The largest absolute Gasteiger partial charge is 0.390 e. The Labute approximate surface area is 89.5 Å². The fourth-order valence-electron chi connectivity index (χ4n) is 2.49. The molecule has 0 bridgehead atoms. The molecule has 1 saturated carbocycles. The predicted molar refractivity (Wildman–Crippen MR) is 56.2 cm³/mol. The molecule has 0 unspecified atom stereocenters. The van der Waals surface area contributed by atoms with Gasteiger partial charge in [-0.1, -0.05) is 6.42 Å². The second kappa shape index (κ2) is 3.61. The lowest BCUT2D eigenvalue weighted by Gasteiger charge is -2.39. The summed E-state index contributed by atoms with van der Waals surface area (Å²) in [6.07, 6.45) is 4.12. The van der Waals surface area contributed by atoms with Crippen LogP contribution in [0.15, 0.2) is 6.07 Å². The Balaban J connectivity index is 1.76. The van der Waals surface area contributed by atoms with Crippen LogP contribution in [0.25, 0.3) is 0 Å². The van der Waals surface area contributed by atoms with Gasteiger partial charge in [-0.05, 0) is 18.9 Å². The minimum Gasteiger partial charge on any atom is -0.390 e. The van der Waals surface area contributed by atoms with Crippen LogP contribution in [0.5, 0.6) is 0 Å². The smallest absolute Gasteiger partial charge is 0.0882 e. The molecule has 2 heterocycles. The van der Waals surface area contributed by atoms with E-state index >= 15 is 0 Å². The lowest BCUT2D eigenvalue weighted by atomic mass is 9.91. The summed E-state index contributed by atoms with van der Waals surface area (Å²) in [6.45, 7) is 3.16. The second-order valence-corrected chi connectivity index (χ2v) is 4.56. The third kappa shape index (κ3) is 1.58. The molecule has 15 heavy (non-hydrogen) atoms. The van der Waals surface area contributed by atoms with E-state index in [2.05, 4.69) is 10.00 Å². The molecule has 1 N–H and O–H groups in total. The maximum atomic E-state index is 9.03. The molecule has 1 aromatic heterocycles. The first-order chi connectivity index (χ1) is 7.36. The summed E-state index contributed by atoms with van der Waals surface area (Å²) < 4.78 is 2.04. The third-order valence-electron chi connectivity index (χ3n) is 3.63. The summed E-state index contributed by atoms with van der Waals surface area (Å²) in [5.41, 5.74) is 2.07. The highest BCUT2D eigenvalue weighted by molar-refractivity contribution is 5.11. The number of aromatic nitrogens is 2. The zero-order valence-electron chi connectivity index (χ0n) is 8.89. The number of rotatable bonds is 2. The molecule has 0 radical (unpaired) electrons. The molecule has 1 aromatic rings. The SMILES string of the molecule is OCc1cc2n(n1)CCN(C1CCC1)C2. The topological polar surface area (TPSA) is 41.3 Å². The van der Waals surface area contributed by atoms with E-state index in [1.807, 2.05) is 10.7 Å². The van der Waals surface area contributed by atoms with Crippen molar-refractivity contribution in [1.82, 2.24) is 14.7 Å². The van der Waals surface area contributed by atoms with Crippen molar-refractivity contribution in [2.24, 2.45) is 0 Å². The van der Waals surface area contributed by atoms with Crippen LogP contribution < -0.4 is 0 Å². The third-order valence-corrected chi connectivity index (χ3v) is 3.63. The van der Waals surface area contributed by atoms with E-state index in [0.29, 0.717) is 0 Å². The Bertz CT molecular complexity index is 357. The van der Waals surface area contributed by atoms with Gasteiger partial charge in [0.25, 0.3) is 0 Å². The summed E-state index contributed by atoms with van der Waals surface area (Å²) in [5.74, 6) is 0. The number of fused-ring (bicyclic) bond motifs is 1. The van der Waals surface area contributed by atoms with Crippen LogP contribution in [0.2, 0.25) is 0 Å². The predicted octanol–water partition coefficient (Wildman–Crippen LogP) is 0.743. The van der Waals surface area contributed by atoms with Gasteiger partial charge < -0.3 is 5.11 Å². The Kier molecular flexibility index (Phi) is 2.25. The van der Waals surface area contributed by atoms with E-state index in [4.69, 9.17) is 5.11 Å². The molecule has 0 aromatic carbocycles. The Morgan fingerprint density at radius 2 is 2.27 bits per heavy atom. The number of hydrogen-bond donors (Lipinski definition) is 1. The summed E-state index contributed by atoms with van der Waals surface area (Å²) in [7, 11) is 0. The van der Waals surface area contributed by atoms with Gasteiger partial charge in [-0.15, -0.1) is 0 Å². The molecule has 3 rings (SSSR count). The standard InChI is InChI=1S/C11H17N3O/c15-8-9-6-11-7-13(10-2-1-3-10)4-5-14(11)12-9/h6,10,15H,1-5,7-8H2. The summed E-state index contributed by atoms with van der Waals surface area (Å²) in [5, 5.41) is 13.4. The van der Waals surface area contributed by atoms with Gasteiger partial charge in [0.05, 0.1) is 24.5 Å². The van der Waals surface area contributed by atoms with E-state index in [1.165, 1.54) is 25.0 Å². The molecule has 0 amide bonds. The van der Waals surface area contributed by atoms with E-state index in [9.17, 15) is 0 Å². The van der Waals surface area contributed by atoms with Crippen molar-refractivity contribution in [3.05, 3.63) is 17.5 Å². The van der Waals surface area contributed by atoms with Gasteiger partial charge in [0.2, 0.25) is 0 Å². The van der Waals surface area contributed by atoms with Crippen LogP contribution in [-0.2, 0) is 19.7 Å². The Morgan fingerprint density at radius 3 is 2.93 bits per heavy atom. The van der Waals surface area contributed by atoms with Gasteiger partial charge in [0.15, 0.2) is 0 Å². The normalized spacial score (nSPS) is 22.5. The average molecular weight is 207 g/mol. The molecule has 0 atom stereocenters. The van der Waals surface area contributed by atoms with Crippen molar-refractivity contribution in [3.63, 3.8) is 0 Å². The number of hydrogen-bond acceptors (Lipinski definition) is 3. The van der Waals surface area contributed by atoms with Gasteiger partial charge in [-0.25, -0.2) is 0 Å². The number of nitrogens with zero attached hydrogens (tertiary/aromatic N) is 3. The van der Waals surface area contributed by atoms with Crippen molar-refractivity contribution >= 4 is 0 Å². The molecule has 2 aliphatic rings. The lowest BCUT2D eigenvalue weighted by Crippen LogP contribution is -2.44. The van der Waals surface area contributed by atoms with Gasteiger partial charge in [-0.3, -0.25) is 9.58 Å².